The van der Waals surface area contributed by atoms with E-state index in [0.717, 1.165) is 21.6 Å². The van der Waals surface area contributed by atoms with Crippen LogP contribution in [0.15, 0.2) is 64.0 Å². The Hall–Kier alpha value is -2.53. The average Bonchev–Trinajstić information content (AvgIpc) is 2.98. The molecule has 3 rings (SSSR count). The molecule has 0 saturated carbocycles. The molecule has 0 spiro atoms. The lowest BCUT2D eigenvalue weighted by atomic mass is 10.2. The van der Waals surface area contributed by atoms with E-state index in [1.165, 1.54) is 29.0 Å². The monoisotopic (exact) mass is 339 g/mol. The molecule has 3 aromatic rings. The van der Waals surface area contributed by atoms with Crippen molar-refractivity contribution < 1.29 is 4.39 Å². The van der Waals surface area contributed by atoms with Gasteiger partial charge in [-0.3, -0.25) is 4.99 Å². The molecule has 2 aromatic carbocycles. The summed E-state index contributed by atoms with van der Waals surface area (Å²) in [5, 5.41) is 6.59. The summed E-state index contributed by atoms with van der Waals surface area (Å²) in [4.78, 5) is 5.31. The van der Waals surface area contributed by atoms with Gasteiger partial charge >= 0.3 is 0 Å². The quantitative estimate of drug-likeness (QED) is 0.628. The Morgan fingerprint density at radius 1 is 1.08 bits per heavy atom. The van der Waals surface area contributed by atoms with Gasteiger partial charge in [-0.25, -0.2) is 9.07 Å². The average molecular weight is 339 g/mol. The summed E-state index contributed by atoms with van der Waals surface area (Å²) in [6.45, 7) is 4.73. The van der Waals surface area contributed by atoms with E-state index in [1.807, 2.05) is 30.7 Å². The first kappa shape index (κ1) is 16.3. The molecule has 0 radical (unpaired) electrons. The Bertz CT molecular complexity index is 903. The number of hydrogen-bond acceptors (Lipinski definition) is 3. The molecule has 24 heavy (non-hydrogen) atoms. The van der Waals surface area contributed by atoms with E-state index in [0.29, 0.717) is 6.54 Å². The number of thiazole rings is 1. The maximum absolute atomic E-state index is 13.2. The van der Waals surface area contributed by atoms with Gasteiger partial charge < -0.3 is 0 Å². The third-order valence-corrected chi connectivity index (χ3v) is 4.37. The van der Waals surface area contributed by atoms with Crippen LogP contribution >= 0.6 is 11.3 Å². The molecular formula is C19H18FN3S. The smallest absolute Gasteiger partial charge is 0.206 e. The van der Waals surface area contributed by atoms with Gasteiger partial charge in [-0.1, -0.05) is 29.8 Å². The Labute approximate surface area is 144 Å². The summed E-state index contributed by atoms with van der Waals surface area (Å²) in [5.74, 6) is -0.248. The van der Waals surface area contributed by atoms with Crippen LogP contribution in [0.3, 0.4) is 0 Å². The van der Waals surface area contributed by atoms with E-state index in [-0.39, 0.29) is 5.82 Å². The highest BCUT2D eigenvalue weighted by atomic mass is 32.1. The largest absolute Gasteiger partial charge is 0.258 e. The number of halogens is 1. The lowest BCUT2D eigenvalue weighted by molar-refractivity contribution is 0.628. The summed E-state index contributed by atoms with van der Waals surface area (Å²) in [7, 11) is 0. The molecule has 3 nitrogen and oxygen atoms in total. The Kier molecular flexibility index (Phi) is 5.01. The topological polar surface area (TPSA) is 29.6 Å². The molecule has 0 aliphatic carbocycles. The highest BCUT2D eigenvalue weighted by Gasteiger charge is 2.07. The van der Waals surface area contributed by atoms with E-state index >= 15 is 0 Å². The number of hydrogen-bond donors (Lipinski definition) is 0. The number of rotatable bonds is 4. The van der Waals surface area contributed by atoms with E-state index in [9.17, 15) is 4.39 Å². The predicted molar refractivity (Wildman–Crippen MR) is 98.0 cm³/mol. The summed E-state index contributed by atoms with van der Waals surface area (Å²) in [5.41, 5.74) is 4.04. The molecule has 0 saturated heterocycles. The van der Waals surface area contributed by atoms with Gasteiger partial charge in [-0.2, -0.15) is 5.10 Å². The normalized spacial score (nSPS) is 12.2. The van der Waals surface area contributed by atoms with Crippen LogP contribution < -0.4 is 4.80 Å². The predicted octanol–water partition coefficient (Wildman–Crippen LogP) is 4.47. The lowest BCUT2D eigenvalue weighted by Gasteiger charge is -2.03. The van der Waals surface area contributed by atoms with Crippen molar-refractivity contribution in [3.63, 3.8) is 0 Å². The minimum absolute atomic E-state index is 0.248. The first-order chi connectivity index (χ1) is 11.7. The molecule has 0 unspecified atom stereocenters. The number of aryl methyl sites for hydroxylation is 1. The standard InChI is InChI=1S/C19H18FN3S/c1-3-21-19-23(22-12-15-6-4-14(2)5-7-15)18(13-24-19)16-8-10-17(20)11-9-16/h4-13H,3H2,1-2H3. The lowest BCUT2D eigenvalue weighted by Crippen LogP contribution is -2.12. The van der Waals surface area contributed by atoms with Crippen LogP contribution in [0.25, 0.3) is 11.3 Å². The maximum atomic E-state index is 13.2. The van der Waals surface area contributed by atoms with Gasteiger partial charge in [-0.05, 0) is 43.7 Å². The first-order valence-corrected chi connectivity index (χ1v) is 8.63. The first-order valence-electron chi connectivity index (χ1n) is 7.75. The second kappa shape index (κ2) is 7.36. The van der Waals surface area contributed by atoms with Crippen molar-refractivity contribution in [2.24, 2.45) is 10.1 Å². The van der Waals surface area contributed by atoms with Gasteiger partial charge in [0.2, 0.25) is 4.80 Å². The van der Waals surface area contributed by atoms with Gasteiger partial charge in [-0.15, -0.1) is 11.3 Å². The second-order valence-electron chi connectivity index (χ2n) is 5.35. The molecule has 0 amide bonds. The molecule has 122 valence electrons. The van der Waals surface area contributed by atoms with E-state index < -0.39 is 0 Å². The fourth-order valence-electron chi connectivity index (χ4n) is 2.25. The fourth-order valence-corrected chi connectivity index (χ4v) is 3.15. The number of nitrogens with zero attached hydrogens (tertiary/aromatic N) is 3. The van der Waals surface area contributed by atoms with Crippen LogP contribution in [0.2, 0.25) is 0 Å². The maximum Gasteiger partial charge on any atom is 0.206 e. The minimum Gasteiger partial charge on any atom is -0.258 e. The molecular weight excluding hydrogens is 321 g/mol. The Morgan fingerprint density at radius 3 is 2.46 bits per heavy atom. The van der Waals surface area contributed by atoms with Gasteiger partial charge in [0.25, 0.3) is 0 Å². The number of benzene rings is 2. The summed E-state index contributed by atoms with van der Waals surface area (Å²) < 4.78 is 15.0. The van der Waals surface area contributed by atoms with Gasteiger partial charge in [0.05, 0.1) is 11.9 Å². The van der Waals surface area contributed by atoms with Gasteiger partial charge in [0.1, 0.15) is 5.82 Å². The third-order valence-electron chi connectivity index (χ3n) is 3.52. The zero-order chi connectivity index (χ0) is 16.9. The van der Waals surface area contributed by atoms with Crippen LogP contribution in [-0.2, 0) is 0 Å². The van der Waals surface area contributed by atoms with Crippen molar-refractivity contribution >= 4 is 17.6 Å². The molecule has 5 heteroatoms. The third kappa shape index (κ3) is 3.68. The molecule has 0 aliphatic rings. The van der Waals surface area contributed by atoms with Crippen molar-refractivity contribution in [2.75, 3.05) is 6.54 Å². The molecule has 1 heterocycles. The Balaban J connectivity index is 2.04. The van der Waals surface area contributed by atoms with Crippen LogP contribution in [0.1, 0.15) is 18.1 Å². The van der Waals surface area contributed by atoms with Crippen molar-refractivity contribution in [1.82, 2.24) is 4.68 Å². The molecule has 0 atom stereocenters. The highest BCUT2D eigenvalue weighted by molar-refractivity contribution is 7.07. The van der Waals surface area contributed by atoms with Crippen LogP contribution in [0.4, 0.5) is 4.39 Å². The van der Waals surface area contributed by atoms with Crippen molar-refractivity contribution in [3.05, 3.63) is 75.7 Å². The zero-order valence-corrected chi connectivity index (χ0v) is 14.4. The van der Waals surface area contributed by atoms with E-state index in [1.54, 1.807) is 16.8 Å². The summed E-state index contributed by atoms with van der Waals surface area (Å²) in [6, 6.07) is 14.6. The molecule has 0 bridgehead atoms. The SMILES string of the molecule is CCN=c1scc(-c2ccc(F)cc2)n1N=Cc1ccc(C)cc1. The van der Waals surface area contributed by atoms with Crippen LogP contribution in [0, 0.1) is 12.7 Å². The van der Waals surface area contributed by atoms with Crippen molar-refractivity contribution in [3.8, 4) is 11.3 Å². The Morgan fingerprint density at radius 2 is 1.79 bits per heavy atom. The van der Waals surface area contributed by atoms with Crippen molar-refractivity contribution in [1.29, 1.82) is 0 Å². The molecule has 0 N–H and O–H groups in total. The second-order valence-corrected chi connectivity index (χ2v) is 6.19. The molecule has 0 fully saturated rings. The fraction of sp³-hybridized carbons (Fsp3) is 0.158. The van der Waals surface area contributed by atoms with Crippen molar-refractivity contribution in [2.45, 2.75) is 13.8 Å². The van der Waals surface area contributed by atoms with Crippen LogP contribution in [-0.4, -0.2) is 17.4 Å². The molecule has 1 aromatic heterocycles. The number of aromatic nitrogens is 1. The van der Waals surface area contributed by atoms with E-state index in [2.05, 4.69) is 29.2 Å². The summed E-state index contributed by atoms with van der Waals surface area (Å²) >= 11 is 1.53. The zero-order valence-electron chi connectivity index (χ0n) is 13.6. The van der Waals surface area contributed by atoms with Crippen LogP contribution in [0.5, 0.6) is 0 Å². The minimum atomic E-state index is -0.248. The van der Waals surface area contributed by atoms with Gasteiger partial charge in [0, 0.05) is 17.5 Å². The van der Waals surface area contributed by atoms with Gasteiger partial charge in [0.15, 0.2) is 0 Å². The highest BCUT2D eigenvalue weighted by Crippen LogP contribution is 2.20. The molecule has 0 aliphatic heterocycles. The summed E-state index contributed by atoms with van der Waals surface area (Å²) in [6.07, 6.45) is 1.81. The van der Waals surface area contributed by atoms with E-state index in [4.69, 9.17) is 0 Å².